The van der Waals surface area contributed by atoms with Crippen LogP contribution < -0.4 is 16.0 Å². The van der Waals surface area contributed by atoms with Crippen LogP contribution >= 0.6 is 0 Å². The molecule has 0 radical (unpaired) electrons. The molecule has 9 heteroatoms. The first-order valence-corrected chi connectivity index (χ1v) is 14.2. The van der Waals surface area contributed by atoms with Gasteiger partial charge in [0.1, 0.15) is 17.7 Å². The van der Waals surface area contributed by atoms with Gasteiger partial charge >= 0.3 is 6.03 Å². The fourth-order valence-corrected chi connectivity index (χ4v) is 5.54. The summed E-state index contributed by atoms with van der Waals surface area (Å²) >= 11 is 0. The fourth-order valence-electron chi connectivity index (χ4n) is 5.54. The zero-order chi connectivity index (χ0) is 29.4. The first-order valence-electron chi connectivity index (χ1n) is 14.2. The molecule has 1 aromatic heterocycles. The van der Waals surface area contributed by atoms with Crippen LogP contribution in [0.1, 0.15) is 68.2 Å². The maximum atomic E-state index is 13.5. The summed E-state index contributed by atoms with van der Waals surface area (Å²) in [6, 6.07) is 17.8. The Kier molecular flexibility index (Phi) is 10.1. The van der Waals surface area contributed by atoms with Gasteiger partial charge in [-0.25, -0.2) is 14.2 Å². The maximum absolute atomic E-state index is 13.5. The number of carbonyl (C=O) groups is 3. The third-order valence-electron chi connectivity index (χ3n) is 7.82. The van der Waals surface area contributed by atoms with Gasteiger partial charge in [0.2, 0.25) is 11.8 Å². The molecule has 0 aliphatic heterocycles. The monoisotopic (exact) mass is 559 g/mol. The molecule has 3 N–H and O–H groups in total. The molecule has 216 valence electrons. The van der Waals surface area contributed by atoms with Crippen molar-refractivity contribution in [3.63, 3.8) is 0 Å². The average Bonchev–Trinajstić information content (AvgIpc) is 3.00. The molecule has 3 atom stereocenters. The number of hydrogen-bond acceptors (Lipinski definition) is 4. The predicted octanol–water partition coefficient (Wildman–Crippen LogP) is 5.31. The van der Waals surface area contributed by atoms with Gasteiger partial charge < -0.3 is 16.0 Å². The number of amides is 4. The van der Waals surface area contributed by atoms with Gasteiger partial charge in [0.05, 0.1) is 6.54 Å². The van der Waals surface area contributed by atoms with Gasteiger partial charge in [-0.2, -0.15) is 0 Å². The SMILES string of the molecule is CCN(CC)C(=O)N(Cc1ccc(C2CCCCC2C(=O)NC(C(N)=O)c2ccc(F)cc2)cc1)c1ccccn1. The number of aromatic nitrogens is 1. The topological polar surface area (TPSA) is 109 Å². The van der Waals surface area contributed by atoms with Gasteiger partial charge in [-0.05, 0) is 73.6 Å². The molecule has 1 aliphatic rings. The fraction of sp³-hybridized carbons (Fsp3) is 0.375. The van der Waals surface area contributed by atoms with Crippen LogP contribution in [0.5, 0.6) is 0 Å². The highest BCUT2D eigenvalue weighted by Crippen LogP contribution is 2.38. The minimum Gasteiger partial charge on any atom is -0.368 e. The Morgan fingerprint density at radius 1 is 0.976 bits per heavy atom. The summed E-state index contributed by atoms with van der Waals surface area (Å²) in [5.74, 6) is -1.13. The van der Waals surface area contributed by atoms with E-state index in [1.807, 2.05) is 56.3 Å². The first-order chi connectivity index (χ1) is 19.8. The molecule has 1 heterocycles. The van der Waals surface area contributed by atoms with E-state index in [0.717, 1.165) is 30.4 Å². The Labute approximate surface area is 240 Å². The highest BCUT2D eigenvalue weighted by Gasteiger charge is 2.34. The number of benzene rings is 2. The second-order valence-electron chi connectivity index (χ2n) is 10.4. The summed E-state index contributed by atoms with van der Waals surface area (Å²) in [6.07, 6.45) is 5.12. The van der Waals surface area contributed by atoms with E-state index in [1.54, 1.807) is 16.0 Å². The molecule has 3 unspecified atom stereocenters. The standard InChI is InChI=1S/C32H38FN5O3/c1-3-37(4-2)32(41)38(28-11-7-8-20-35-28)21-22-12-14-23(15-13-22)26-9-5-6-10-27(26)31(40)36-29(30(34)39)24-16-18-25(33)19-17-24/h7-8,11-20,26-27,29H,3-6,9-10,21H2,1-2H3,(H2,34,39)(H,36,40). The molecule has 0 saturated heterocycles. The number of hydrogen-bond donors (Lipinski definition) is 2. The van der Waals surface area contributed by atoms with Crippen LogP contribution in [0, 0.1) is 11.7 Å². The van der Waals surface area contributed by atoms with E-state index in [2.05, 4.69) is 10.3 Å². The van der Waals surface area contributed by atoms with Crippen LogP contribution in [0.3, 0.4) is 0 Å². The van der Waals surface area contributed by atoms with Crippen LogP contribution in [0.25, 0.3) is 0 Å². The molecule has 0 spiro atoms. The van der Waals surface area contributed by atoms with Crippen molar-refractivity contribution in [3.05, 3.63) is 95.4 Å². The molecule has 4 amide bonds. The van der Waals surface area contributed by atoms with Gasteiger partial charge in [-0.15, -0.1) is 0 Å². The average molecular weight is 560 g/mol. The number of nitrogens with zero attached hydrogens (tertiary/aromatic N) is 3. The Morgan fingerprint density at radius 2 is 1.66 bits per heavy atom. The molecule has 2 aromatic carbocycles. The van der Waals surface area contributed by atoms with Crippen molar-refractivity contribution in [3.8, 4) is 0 Å². The Balaban J connectivity index is 1.51. The van der Waals surface area contributed by atoms with E-state index < -0.39 is 17.8 Å². The molecular weight excluding hydrogens is 521 g/mol. The number of anilines is 1. The zero-order valence-corrected chi connectivity index (χ0v) is 23.6. The highest BCUT2D eigenvalue weighted by atomic mass is 19.1. The van der Waals surface area contributed by atoms with Crippen LogP contribution in [-0.2, 0) is 16.1 Å². The number of nitrogens with one attached hydrogen (secondary N) is 1. The van der Waals surface area contributed by atoms with Crippen LogP contribution in [0.4, 0.5) is 15.0 Å². The molecular formula is C32H38FN5O3. The summed E-state index contributed by atoms with van der Waals surface area (Å²) in [5, 5.41) is 2.82. The third-order valence-corrected chi connectivity index (χ3v) is 7.82. The summed E-state index contributed by atoms with van der Waals surface area (Å²) in [4.78, 5) is 46.8. The number of carbonyl (C=O) groups excluding carboxylic acids is 3. The predicted molar refractivity (Wildman–Crippen MR) is 156 cm³/mol. The zero-order valence-electron chi connectivity index (χ0n) is 23.6. The number of rotatable bonds is 10. The van der Waals surface area contributed by atoms with Crippen molar-refractivity contribution < 1.29 is 18.8 Å². The molecule has 0 bridgehead atoms. The Morgan fingerprint density at radius 3 is 2.27 bits per heavy atom. The number of urea groups is 1. The molecule has 1 fully saturated rings. The number of primary amides is 1. The van der Waals surface area contributed by atoms with E-state index in [4.69, 9.17) is 5.73 Å². The van der Waals surface area contributed by atoms with Crippen molar-refractivity contribution >= 4 is 23.7 Å². The summed E-state index contributed by atoms with van der Waals surface area (Å²) in [7, 11) is 0. The minimum absolute atomic E-state index is 0.0243. The lowest BCUT2D eigenvalue weighted by molar-refractivity contribution is -0.131. The van der Waals surface area contributed by atoms with Crippen molar-refractivity contribution in [2.24, 2.45) is 11.7 Å². The van der Waals surface area contributed by atoms with E-state index >= 15 is 0 Å². The second kappa shape index (κ2) is 13.9. The molecule has 1 aliphatic carbocycles. The van der Waals surface area contributed by atoms with Crippen LogP contribution in [0.15, 0.2) is 72.9 Å². The normalized spacial score (nSPS) is 17.3. The number of pyridine rings is 1. The van der Waals surface area contributed by atoms with E-state index in [1.165, 1.54) is 24.3 Å². The molecule has 41 heavy (non-hydrogen) atoms. The largest absolute Gasteiger partial charge is 0.368 e. The Bertz CT molecular complexity index is 1310. The van der Waals surface area contributed by atoms with E-state index in [0.29, 0.717) is 37.4 Å². The van der Waals surface area contributed by atoms with E-state index in [9.17, 15) is 18.8 Å². The molecule has 1 saturated carbocycles. The van der Waals surface area contributed by atoms with Gasteiger partial charge in [0, 0.05) is 25.2 Å². The molecule has 4 rings (SSSR count). The second-order valence-corrected chi connectivity index (χ2v) is 10.4. The van der Waals surface area contributed by atoms with Crippen molar-refractivity contribution in [2.75, 3.05) is 18.0 Å². The van der Waals surface area contributed by atoms with E-state index in [-0.39, 0.29) is 23.8 Å². The van der Waals surface area contributed by atoms with Gasteiger partial charge in [-0.3, -0.25) is 14.5 Å². The smallest absolute Gasteiger partial charge is 0.325 e. The Hall–Kier alpha value is -4.27. The van der Waals surface area contributed by atoms with Crippen molar-refractivity contribution in [1.82, 2.24) is 15.2 Å². The summed E-state index contributed by atoms with van der Waals surface area (Å²) < 4.78 is 13.4. The lowest BCUT2D eigenvalue weighted by Gasteiger charge is -2.32. The maximum Gasteiger partial charge on any atom is 0.325 e. The molecule has 8 nitrogen and oxygen atoms in total. The van der Waals surface area contributed by atoms with Crippen LogP contribution in [0.2, 0.25) is 0 Å². The first kappa shape index (κ1) is 29.7. The van der Waals surface area contributed by atoms with Crippen LogP contribution in [-0.4, -0.2) is 40.8 Å². The lowest BCUT2D eigenvalue weighted by Crippen LogP contribution is -2.43. The van der Waals surface area contributed by atoms with Crippen molar-refractivity contribution in [1.29, 1.82) is 0 Å². The van der Waals surface area contributed by atoms with Gasteiger partial charge in [0.15, 0.2) is 0 Å². The third kappa shape index (κ3) is 7.28. The van der Waals surface area contributed by atoms with Crippen molar-refractivity contribution in [2.45, 2.75) is 58.0 Å². The lowest BCUT2D eigenvalue weighted by atomic mass is 9.74. The molecule has 3 aromatic rings. The minimum atomic E-state index is -1.03. The number of halogens is 1. The van der Waals surface area contributed by atoms with Gasteiger partial charge in [-0.1, -0.05) is 55.3 Å². The quantitative estimate of drug-likeness (QED) is 0.351. The highest BCUT2D eigenvalue weighted by molar-refractivity contribution is 5.91. The summed E-state index contributed by atoms with van der Waals surface area (Å²) in [6.45, 7) is 5.46. The van der Waals surface area contributed by atoms with Gasteiger partial charge in [0.25, 0.3) is 0 Å². The number of nitrogens with two attached hydrogens (primary N) is 1. The summed E-state index contributed by atoms with van der Waals surface area (Å²) in [5.41, 5.74) is 8.03.